The third kappa shape index (κ3) is 4.29. The molecule has 2 aromatic rings. The Kier molecular flexibility index (Phi) is 6.58. The van der Waals surface area contributed by atoms with Gasteiger partial charge in [-0.25, -0.2) is 0 Å². The van der Waals surface area contributed by atoms with Crippen LogP contribution in [0, 0.1) is 17.8 Å². The first-order chi connectivity index (χ1) is 20.3. The fourth-order valence-electron chi connectivity index (χ4n) is 7.97. The van der Waals surface area contributed by atoms with Crippen LogP contribution in [0.3, 0.4) is 0 Å². The molecule has 2 aliphatic heterocycles. The van der Waals surface area contributed by atoms with E-state index in [9.17, 15) is 24.3 Å². The number of phenols is 1. The number of likely N-dealkylation sites (tertiary alicyclic amines) is 2. The fraction of sp³-hybridized carbons (Fsp3) is 0.371. The fourth-order valence-corrected chi connectivity index (χ4v) is 7.97. The van der Waals surface area contributed by atoms with Crippen LogP contribution in [-0.4, -0.2) is 57.4 Å². The second-order valence-electron chi connectivity index (χ2n) is 12.4. The van der Waals surface area contributed by atoms with Crippen molar-refractivity contribution in [3.8, 4) is 5.75 Å². The number of ketones is 2. The Bertz CT molecular complexity index is 1580. The number of carbonyl (C=O) groups is 4. The number of aromatic hydroxyl groups is 1. The van der Waals surface area contributed by atoms with Crippen LogP contribution in [0.5, 0.6) is 5.75 Å². The Morgan fingerprint density at radius 2 is 1.60 bits per heavy atom. The zero-order chi connectivity index (χ0) is 29.1. The molecule has 2 fully saturated rings. The maximum atomic E-state index is 14.2. The summed E-state index contributed by atoms with van der Waals surface area (Å²) in [5.41, 5.74) is 4.34. The third-order valence-corrected chi connectivity index (χ3v) is 10.00. The Hall–Kier alpha value is -4.10. The first-order valence-electron chi connectivity index (χ1n) is 14.9. The van der Waals surface area contributed by atoms with E-state index in [2.05, 4.69) is 23.1 Å². The second kappa shape index (κ2) is 10.3. The molecule has 42 heavy (non-hydrogen) atoms. The van der Waals surface area contributed by atoms with Gasteiger partial charge in [-0.2, -0.15) is 0 Å². The average Bonchev–Trinajstić information content (AvgIpc) is 3.26. The molecule has 0 unspecified atom stereocenters. The first-order valence-corrected chi connectivity index (χ1v) is 14.9. The van der Waals surface area contributed by atoms with Crippen LogP contribution in [-0.2, 0) is 25.7 Å². The highest BCUT2D eigenvalue weighted by Gasteiger charge is 2.57. The van der Waals surface area contributed by atoms with E-state index in [-0.39, 0.29) is 47.5 Å². The van der Waals surface area contributed by atoms with Crippen molar-refractivity contribution in [3.05, 3.63) is 100 Å². The van der Waals surface area contributed by atoms with Gasteiger partial charge in [-0.1, -0.05) is 54.1 Å². The number of nitrogens with zero attached hydrogens (tertiary/aromatic N) is 2. The molecule has 5 aliphatic rings. The molecule has 7 heteroatoms. The van der Waals surface area contributed by atoms with Gasteiger partial charge in [-0.3, -0.25) is 29.0 Å². The molecule has 0 spiro atoms. The monoisotopic (exact) mass is 562 g/mol. The van der Waals surface area contributed by atoms with E-state index in [0.717, 1.165) is 43.6 Å². The minimum absolute atomic E-state index is 0.0930. The average molecular weight is 563 g/mol. The maximum absolute atomic E-state index is 14.2. The molecule has 7 rings (SSSR count). The van der Waals surface area contributed by atoms with Crippen molar-refractivity contribution in [2.75, 3.05) is 13.1 Å². The summed E-state index contributed by atoms with van der Waals surface area (Å²) in [7, 11) is 0. The van der Waals surface area contributed by atoms with Gasteiger partial charge in [0.1, 0.15) is 5.75 Å². The number of carbonyl (C=O) groups excluding carboxylic acids is 4. The number of hydrogen-bond donors (Lipinski definition) is 1. The van der Waals surface area contributed by atoms with Crippen molar-refractivity contribution >= 4 is 23.4 Å². The molecule has 214 valence electrons. The van der Waals surface area contributed by atoms with Gasteiger partial charge in [-0.05, 0) is 67.9 Å². The van der Waals surface area contributed by atoms with Crippen molar-refractivity contribution in [3.63, 3.8) is 0 Å². The number of fused-ring (bicyclic) bond motifs is 3. The number of amides is 2. The predicted octanol–water partition coefficient (Wildman–Crippen LogP) is 4.49. The maximum Gasteiger partial charge on any atom is 0.233 e. The molecule has 0 aromatic heterocycles. The van der Waals surface area contributed by atoms with E-state index in [1.54, 1.807) is 36.1 Å². The van der Waals surface area contributed by atoms with Gasteiger partial charge >= 0.3 is 0 Å². The Balaban J connectivity index is 1.17. The summed E-state index contributed by atoms with van der Waals surface area (Å²) in [4.78, 5) is 58.7. The smallest absolute Gasteiger partial charge is 0.233 e. The van der Waals surface area contributed by atoms with Crippen molar-refractivity contribution < 1.29 is 24.3 Å². The zero-order valence-corrected chi connectivity index (χ0v) is 23.7. The molecule has 0 saturated carbocycles. The topological polar surface area (TPSA) is 95.0 Å². The summed E-state index contributed by atoms with van der Waals surface area (Å²) in [6.07, 6.45) is 5.68. The lowest BCUT2D eigenvalue weighted by atomic mass is 9.59. The quantitative estimate of drug-likeness (QED) is 0.335. The van der Waals surface area contributed by atoms with Crippen molar-refractivity contribution in [1.82, 2.24) is 9.80 Å². The molecular formula is C35H34N2O5. The van der Waals surface area contributed by atoms with E-state index in [4.69, 9.17) is 0 Å². The SMILES string of the molecule is CC1=CC(=O)C2=C(C1=O)[C@@H](c1ccc(O)cc1)C1=CC[C@@H]3C(=O)N(C4CCN(Cc5ccccc5)CC4)C(=O)[C@@H]3[C@@H]1C2. The highest BCUT2D eigenvalue weighted by Crippen LogP contribution is 2.55. The number of Topliss-reactive ketones (excluding diaryl/α,β-unsaturated/α-hetero) is 1. The van der Waals surface area contributed by atoms with Gasteiger partial charge in [-0.15, -0.1) is 0 Å². The van der Waals surface area contributed by atoms with Crippen LogP contribution in [0.25, 0.3) is 0 Å². The predicted molar refractivity (Wildman–Crippen MR) is 156 cm³/mol. The highest BCUT2D eigenvalue weighted by molar-refractivity contribution is 6.23. The van der Waals surface area contributed by atoms with Gasteiger partial charge in [0.05, 0.1) is 11.8 Å². The van der Waals surface area contributed by atoms with Gasteiger partial charge in [0.2, 0.25) is 11.8 Å². The van der Waals surface area contributed by atoms with E-state index in [1.165, 1.54) is 11.6 Å². The number of phenolic OH excluding ortho intramolecular Hbond substituents is 1. The van der Waals surface area contributed by atoms with Crippen molar-refractivity contribution in [2.45, 2.75) is 51.1 Å². The molecule has 1 N–H and O–H groups in total. The summed E-state index contributed by atoms with van der Waals surface area (Å²) in [6, 6.07) is 16.9. The number of imide groups is 1. The minimum atomic E-state index is -0.539. The molecule has 2 saturated heterocycles. The standard InChI is InChI=1S/C35H34N2O5/c1-20-17-29(39)28-18-27-25(30(32(28)33(20)40)22-7-9-24(38)10-8-22)11-12-26-31(27)35(42)37(34(26)41)23-13-15-36(16-14-23)19-21-5-3-2-4-6-21/h2-11,17,23,26-27,30-31,38H,12-16,18-19H2,1H3/t26-,27+,30-,31-/m0/s1. The third-order valence-electron chi connectivity index (χ3n) is 10.00. The Morgan fingerprint density at radius 1 is 0.881 bits per heavy atom. The van der Waals surface area contributed by atoms with Crippen LogP contribution in [0.15, 0.2) is 89.0 Å². The number of rotatable bonds is 4. The normalized spacial score (nSPS) is 28.4. The molecule has 2 aromatic carbocycles. The summed E-state index contributed by atoms with van der Waals surface area (Å²) in [6.45, 7) is 4.16. The van der Waals surface area contributed by atoms with E-state index in [0.29, 0.717) is 23.1 Å². The number of allylic oxidation sites excluding steroid dienone is 6. The second-order valence-corrected chi connectivity index (χ2v) is 12.4. The lowest BCUT2D eigenvalue weighted by Gasteiger charge is -2.42. The lowest BCUT2D eigenvalue weighted by Crippen LogP contribution is -2.47. The van der Waals surface area contributed by atoms with Crippen LogP contribution >= 0.6 is 0 Å². The van der Waals surface area contributed by atoms with Crippen molar-refractivity contribution in [2.24, 2.45) is 17.8 Å². The van der Waals surface area contributed by atoms with Gasteiger partial charge in [0.25, 0.3) is 0 Å². The van der Waals surface area contributed by atoms with E-state index >= 15 is 0 Å². The van der Waals surface area contributed by atoms with Crippen LogP contribution in [0.2, 0.25) is 0 Å². The molecule has 0 bridgehead atoms. The summed E-state index contributed by atoms with van der Waals surface area (Å²) in [5, 5.41) is 9.94. The van der Waals surface area contributed by atoms with Gasteiger partial charge < -0.3 is 5.11 Å². The zero-order valence-electron chi connectivity index (χ0n) is 23.7. The van der Waals surface area contributed by atoms with Crippen LogP contribution in [0.4, 0.5) is 0 Å². The summed E-state index contributed by atoms with van der Waals surface area (Å²) >= 11 is 0. The number of hydrogen-bond acceptors (Lipinski definition) is 6. The highest BCUT2D eigenvalue weighted by atomic mass is 16.3. The number of benzene rings is 2. The lowest BCUT2D eigenvalue weighted by molar-refractivity contribution is -0.144. The minimum Gasteiger partial charge on any atom is -0.508 e. The Labute approximate surface area is 245 Å². The van der Waals surface area contributed by atoms with E-state index in [1.807, 2.05) is 18.2 Å². The molecule has 2 amide bonds. The molecule has 0 radical (unpaired) electrons. The van der Waals surface area contributed by atoms with Crippen LogP contribution in [0.1, 0.15) is 49.7 Å². The van der Waals surface area contributed by atoms with Crippen LogP contribution < -0.4 is 0 Å². The summed E-state index contributed by atoms with van der Waals surface area (Å²) < 4.78 is 0. The van der Waals surface area contributed by atoms with Gasteiger partial charge in [0, 0.05) is 48.3 Å². The molecule has 2 heterocycles. The molecule has 4 atom stereocenters. The van der Waals surface area contributed by atoms with Gasteiger partial charge in [0.15, 0.2) is 11.6 Å². The molecular weight excluding hydrogens is 528 g/mol. The summed E-state index contributed by atoms with van der Waals surface area (Å²) in [5.74, 6) is -2.24. The van der Waals surface area contributed by atoms with Crippen molar-refractivity contribution in [1.29, 1.82) is 0 Å². The molecule has 3 aliphatic carbocycles. The first kappa shape index (κ1) is 26.8. The Morgan fingerprint density at radius 3 is 2.31 bits per heavy atom. The molecule has 7 nitrogen and oxygen atoms in total. The largest absolute Gasteiger partial charge is 0.508 e. The van der Waals surface area contributed by atoms with E-state index < -0.39 is 17.8 Å². The number of piperidine rings is 1.